The van der Waals surface area contributed by atoms with Crippen LogP contribution in [-0.4, -0.2) is 65.1 Å². The van der Waals surface area contributed by atoms with Gasteiger partial charge in [-0.1, -0.05) is 30.3 Å². The number of rotatable bonds is 4. The normalized spacial score (nSPS) is 24.6. The highest BCUT2D eigenvalue weighted by molar-refractivity contribution is 5.76. The van der Waals surface area contributed by atoms with Gasteiger partial charge in [0.25, 0.3) is 0 Å². The summed E-state index contributed by atoms with van der Waals surface area (Å²) < 4.78 is 0. The topological polar surface area (TPSA) is 75.5 Å². The molecule has 3 heterocycles. The van der Waals surface area contributed by atoms with Crippen LogP contribution in [-0.2, 0) is 6.54 Å². The van der Waals surface area contributed by atoms with Gasteiger partial charge in [0, 0.05) is 57.0 Å². The van der Waals surface area contributed by atoms with Crippen molar-refractivity contribution in [3.63, 3.8) is 0 Å². The number of nitrogens with zero attached hydrogens (tertiary/aromatic N) is 5. The second-order valence-corrected chi connectivity index (χ2v) is 10.2. The molecule has 33 heavy (non-hydrogen) atoms. The van der Waals surface area contributed by atoms with Crippen LogP contribution in [0.5, 0.6) is 0 Å². The van der Waals surface area contributed by atoms with Gasteiger partial charge < -0.3 is 15.1 Å². The van der Waals surface area contributed by atoms with Gasteiger partial charge in [0.2, 0.25) is 0 Å². The summed E-state index contributed by atoms with van der Waals surface area (Å²) in [4.78, 5) is 24.2. The molecule has 5 rings (SSSR count). The fourth-order valence-corrected chi connectivity index (χ4v) is 6.00. The van der Waals surface area contributed by atoms with Crippen LogP contribution in [0, 0.1) is 16.7 Å². The highest BCUT2D eigenvalue weighted by atomic mass is 16.2. The van der Waals surface area contributed by atoms with Gasteiger partial charge in [-0.2, -0.15) is 5.26 Å². The molecule has 1 aromatic carbocycles. The third kappa shape index (κ3) is 4.40. The van der Waals surface area contributed by atoms with Crippen LogP contribution in [0.15, 0.2) is 48.7 Å². The number of aromatic nitrogens is 1. The molecule has 3 fully saturated rings. The van der Waals surface area contributed by atoms with E-state index in [4.69, 9.17) is 5.26 Å². The molecular formula is C26H32N6O. The summed E-state index contributed by atoms with van der Waals surface area (Å²) in [5, 5.41) is 12.3. The smallest absolute Gasteiger partial charge is 0.318 e. The molecule has 3 aliphatic rings. The largest absolute Gasteiger partial charge is 0.353 e. The molecular weight excluding hydrogens is 412 g/mol. The van der Waals surface area contributed by atoms with E-state index in [-0.39, 0.29) is 24.2 Å². The number of hydrogen-bond acceptors (Lipinski definition) is 5. The third-order valence-electron chi connectivity index (χ3n) is 7.41. The lowest BCUT2D eigenvalue weighted by atomic mass is 9.60. The maximum Gasteiger partial charge on any atom is 0.318 e. The monoisotopic (exact) mass is 444 g/mol. The van der Waals surface area contributed by atoms with Gasteiger partial charge >= 0.3 is 6.03 Å². The number of benzene rings is 1. The van der Waals surface area contributed by atoms with E-state index in [1.807, 2.05) is 11.0 Å². The van der Waals surface area contributed by atoms with Crippen molar-refractivity contribution in [1.82, 2.24) is 20.1 Å². The van der Waals surface area contributed by atoms with E-state index in [9.17, 15) is 4.79 Å². The number of pyridine rings is 1. The highest BCUT2D eigenvalue weighted by Crippen LogP contribution is 2.48. The zero-order valence-corrected chi connectivity index (χ0v) is 19.4. The number of urea groups is 1. The van der Waals surface area contributed by atoms with Gasteiger partial charge in [0.05, 0.1) is 5.56 Å². The minimum Gasteiger partial charge on any atom is -0.353 e. The van der Waals surface area contributed by atoms with Crippen molar-refractivity contribution in [2.45, 2.75) is 51.4 Å². The van der Waals surface area contributed by atoms with Gasteiger partial charge in [-0.25, -0.2) is 9.78 Å². The van der Waals surface area contributed by atoms with Gasteiger partial charge in [-0.15, -0.1) is 0 Å². The molecule has 1 aromatic heterocycles. The quantitative estimate of drug-likeness (QED) is 0.784. The van der Waals surface area contributed by atoms with E-state index in [1.54, 1.807) is 12.3 Å². The highest BCUT2D eigenvalue weighted by Gasteiger charge is 2.52. The fourth-order valence-electron chi connectivity index (χ4n) is 6.00. The predicted octanol–water partition coefficient (Wildman–Crippen LogP) is 3.23. The zero-order valence-electron chi connectivity index (χ0n) is 19.4. The number of likely N-dealkylation sites (tertiary alicyclic amines) is 1. The molecule has 1 aliphatic carbocycles. The molecule has 172 valence electrons. The Kier molecular flexibility index (Phi) is 5.71. The summed E-state index contributed by atoms with van der Waals surface area (Å²) in [6.07, 6.45) is 3.78. The van der Waals surface area contributed by atoms with Crippen LogP contribution >= 0.6 is 0 Å². The molecule has 2 aliphatic heterocycles. The SMILES string of the molecule is C[C@@H]1CN(c2ccc(C#N)cn2)C[C@H](C)N1C(=O)NC1CC2(C1)CN(Cc1ccccc1)C2. The summed E-state index contributed by atoms with van der Waals surface area (Å²) >= 11 is 0. The maximum absolute atomic E-state index is 13.1. The molecule has 0 unspecified atom stereocenters. The van der Waals surface area contributed by atoms with E-state index >= 15 is 0 Å². The zero-order chi connectivity index (χ0) is 23.0. The maximum atomic E-state index is 13.1. The van der Waals surface area contributed by atoms with Crippen LogP contribution in [0.2, 0.25) is 0 Å². The summed E-state index contributed by atoms with van der Waals surface area (Å²) in [6, 6.07) is 17.0. The first-order chi connectivity index (χ1) is 15.9. The molecule has 2 aromatic rings. The van der Waals surface area contributed by atoms with Gasteiger partial charge in [-0.3, -0.25) is 4.90 Å². The molecule has 2 saturated heterocycles. The van der Waals surface area contributed by atoms with Crippen molar-refractivity contribution in [3.05, 3.63) is 59.8 Å². The molecule has 2 amide bonds. The number of nitrogens with one attached hydrogen (secondary N) is 1. The number of nitriles is 1. The van der Waals surface area contributed by atoms with E-state index in [0.717, 1.165) is 51.4 Å². The Hall–Kier alpha value is -3.11. The Morgan fingerprint density at radius 2 is 1.82 bits per heavy atom. The molecule has 0 bridgehead atoms. The number of amides is 2. The molecule has 1 spiro atoms. The molecule has 7 heteroatoms. The Bertz CT molecular complexity index is 1010. The van der Waals surface area contributed by atoms with Gasteiger partial charge in [0.1, 0.15) is 11.9 Å². The lowest BCUT2D eigenvalue weighted by Gasteiger charge is -2.59. The van der Waals surface area contributed by atoms with Crippen molar-refractivity contribution in [2.24, 2.45) is 5.41 Å². The van der Waals surface area contributed by atoms with Crippen molar-refractivity contribution >= 4 is 11.8 Å². The molecule has 1 N–H and O–H groups in total. The number of carbonyl (C=O) groups is 1. The van der Waals surface area contributed by atoms with Crippen LogP contribution in [0.4, 0.5) is 10.6 Å². The molecule has 1 saturated carbocycles. The Morgan fingerprint density at radius 1 is 1.12 bits per heavy atom. The van der Waals surface area contributed by atoms with E-state index < -0.39 is 0 Å². The average Bonchev–Trinajstić information content (AvgIpc) is 2.76. The first-order valence-corrected chi connectivity index (χ1v) is 11.9. The minimum atomic E-state index is 0.0581. The number of hydrogen-bond donors (Lipinski definition) is 1. The predicted molar refractivity (Wildman–Crippen MR) is 128 cm³/mol. The Labute approximate surface area is 196 Å². The summed E-state index contributed by atoms with van der Waals surface area (Å²) in [5.74, 6) is 0.860. The van der Waals surface area contributed by atoms with Gasteiger partial charge in [-0.05, 0) is 49.8 Å². The van der Waals surface area contributed by atoms with Crippen molar-refractivity contribution in [1.29, 1.82) is 5.26 Å². The van der Waals surface area contributed by atoms with Crippen LogP contribution in [0.3, 0.4) is 0 Å². The van der Waals surface area contributed by atoms with Crippen LogP contribution < -0.4 is 10.2 Å². The Balaban J connectivity index is 1.09. The molecule has 7 nitrogen and oxygen atoms in total. The molecule has 2 atom stereocenters. The lowest BCUT2D eigenvalue weighted by molar-refractivity contribution is -0.0812. The summed E-state index contributed by atoms with van der Waals surface area (Å²) in [5.41, 5.74) is 2.34. The average molecular weight is 445 g/mol. The van der Waals surface area contributed by atoms with Crippen LogP contribution in [0.1, 0.15) is 37.8 Å². The summed E-state index contributed by atoms with van der Waals surface area (Å²) in [6.45, 7) is 8.96. The van der Waals surface area contributed by atoms with Crippen molar-refractivity contribution in [3.8, 4) is 6.07 Å². The number of piperazine rings is 1. The lowest BCUT2D eigenvalue weighted by Crippen LogP contribution is -2.68. The Morgan fingerprint density at radius 3 is 2.42 bits per heavy atom. The number of carbonyl (C=O) groups excluding carboxylic acids is 1. The second kappa shape index (κ2) is 8.68. The molecule has 0 radical (unpaired) electrons. The van der Waals surface area contributed by atoms with Crippen LogP contribution in [0.25, 0.3) is 0 Å². The van der Waals surface area contributed by atoms with Crippen molar-refractivity contribution < 1.29 is 4.79 Å². The van der Waals surface area contributed by atoms with Crippen molar-refractivity contribution in [2.75, 3.05) is 31.1 Å². The van der Waals surface area contributed by atoms with E-state index in [2.05, 4.69) is 70.3 Å². The second-order valence-electron chi connectivity index (χ2n) is 10.2. The fraction of sp³-hybridized carbons (Fsp3) is 0.500. The van der Waals surface area contributed by atoms with E-state index in [1.165, 1.54) is 5.56 Å². The standard InChI is InChI=1S/C26H32N6O/c1-19-14-31(24-9-8-22(12-27)13-28-24)15-20(2)32(19)25(33)29-23-10-26(11-23)17-30(18-26)16-21-6-4-3-5-7-21/h3-9,13,19-20,23H,10-11,14-18H2,1-2H3,(H,29,33)/t19-,20+. The summed E-state index contributed by atoms with van der Waals surface area (Å²) in [7, 11) is 0. The van der Waals surface area contributed by atoms with E-state index in [0.29, 0.717) is 11.0 Å². The first-order valence-electron chi connectivity index (χ1n) is 11.9. The number of anilines is 1. The third-order valence-corrected chi connectivity index (χ3v) is 7.41. The minimum absolute atomic E-state index is 0.0581. The first kappa shape index (κ1) is 21.7. The van der Waals surface area contributed by atoms with Gasteiger partial charge in [0.15, 0.2) is 0 Å².